The molecule has 3 aromatic carbocycles. The highest BCUT2D eigenvalue weighted by atomic mass is 32.2. The van der Waals surface area contributed by atoms with Gasteiger partial charge in [-0.2, -0.15) is 0 Å². The molecule has 0 fully saturated rings. The third-order valence-electron chi connectivity index (χ3n) is 8.52. The van der Waals surface area contributed by atoms with Crippen molar-refractivity contribution in [1.29, 1.82) is 0 Å². The van der Waals surface area contributed by atoms with Gasteiger partial charge in [-0.05, 0) is 42.9 Å². The minimum absolute atomic E-state index is 0. The van der Waals surface area contributed by atoms with Crippen LogP contribution in [-0.2, 0) is 24.2 Å². The van der Waals surface area contributed by atoms with Gasteiger partial charge >= 0.3 is 5.97 Å². The summed E-state index contributed by atoms with van der Waals surface area (Å²) in [5, 5.41) is 13.9. The summed E-state index contributed by atoms with van der Waals surface area (Å²) in [6.45, 7) is 3.70. The molecular formula is C36H49N3O7S2. The van der Waals surface area contributed by atoms with Crippen molar-refractivity contribution in [3.05, 3.63) is 78.4 Å². The summed E-state index contributed by atoms with van der Waals surface area (Å²) >= 11 is 1.38. The van der Waals surface area contributed by atoms with E-state index < -0.39 is 52.2 Å². The molecule has 0 aliphatic carbocycles. The number of carboxylic acid groups (broad SMARTS) is 1. The number of rotatable bonds is 16. The first-order valence-electron chi connectivity index (χ1n) is 16.3. The summed E-state index contributed by atoms with van der Waals surface area (Å²) < 4.78 is 34.7. The molecule has 0 saturated heterocycles. The first-order chi connectivity index (χ1) is 23.0. The highest BCUT2D eigenvalue weighted by Gasteiger charge is 2.42. The van der Waals surface area contributed by atoms with Gasteiger partial charge in [-0.25, -0.2) is 8.42 Å². The monoisotopic (exact) mass is 699 g/mol. The maximum absolute atomic E-state index is 14.3. The van der Waals surface area contributed by atoms with Gasteiger partial charge in [0, 0.05) is 26.6 Å². The maximum Gasteiger partial charge on any atom is 0.322 e. The van der Waals surface area contributed by atoms with Gasteiger partial charge in [0.05, 0.1) is 21.2 Å². The zero-order valence-corrected chi connectivity index (χ0v) is 29.4. The second-order valence-electron chi connectivity index (χ2n) is 12.2. The number of aliphatic carboxylic acids is 1. The molecule has 3 N–H and O–H groups in total. The molecule has 0 saturated carbocycles. The van der Waals surface area contributed by atoms with Gasteiger partial charge < -0.3 is 25.4 Å². The van der Waals surface area contributed by atoms with E-state index >= 15 is 0 Å². The van der Waals surface area contributed by atoms with E-state index in [2.05, 4.69) is 29.4 Å². The first-order valence-corrected chi connectivity index (χ1v) is 19.1. The van der Waals surface area contributed by atoms with Crippen molar-refractivity contribution < 1.29 is 35.5 Å². The molecule has 0 unspecified atom stereocenters. The second kappa shape index (κ2) is 16.9. The topological polar surface area (TPSA) is 142 Å². The van der Waals surface area contributed by atoms with Gasteiger partial charge in [0.2, 0.25) is 5.91 Å². The quantitative estimate of drug-likeness (QED) is 0.141. The Morgan fingerprint density at radius 3 is 2.21 bits per heavy atom. The molecular weight excluding hydrogens is 651 g/mol. The van der Waals surface area contributed by atoms with Crippen LogP contribution < -0.4 is 20.3 Å². The molecule has 1 aliphatic heterocycles. The molecule has 4 rings (SSSR count). The number of para-hydroxylation sites is 1. The Kier molecular flexibility index (Phi) is 12.9. The lowest BCUT2D eigenvalue weighted by molar-refractivity contribution is -0.138. The van der Waals surface area contributed by atoms with Crippen LogP contribution in [0.25, 0.3) is 0 Å². The van der Waals surface area contributed by atoms with Crippen molar-refractivity contribution in [1.82, 2.24) is 10.6 Å². The number of fused-ring (bicyclic) bond motifs is 1. The number of hydrogen-bond donors (Lipinski definition) is 3. The fraction of sp³-hybridized carbons (Fsp3) is 0.417. The van der Waals surface area contributed by atoms with Crippen molar-refractivity contribution in [2.24, 2.45) is 5.41 Å². The number of hydrogen-bond acceptors (Lipinski definition) is 8. The number of nitrogens with one attached hydrogen (secondary N) is 2. The highest BCUT2D eigenvalue weighted by Crippen LogP contribution is 2.47. The third-order valence-corrected chi connectivity index (χ3v) is 11.3. The smallest absolute Gasteiger partial charge is 0.322 e. The summed E-state index contributed by atoms with van der Waals surface area (Å²) in [4.78, 5) is 40.0. The van der Waals surface area contributed by atoms with Gasteiger partial charge in [-0.15, -0.1) is 11.8 Å². The Hall–Kier alpha value is -4.03. The first kappa shape index (κ1) is 36.8. The van der Waals surface area contributed by atoms with Crippen molar-refractivity contribution in [3.8, 4) is 5.75 Å². The van der Waals surface area contributed by atoms with E-state index in [9.17, 15) is 22.8 Å². The van der Waals surface area contributed by atoms with Crippen molar-refractivity contribution in [3.63, 3.8) is 0 Å². The molecule has 48 heavy (non-hydrogen) atoms. The highest BCUT2D eigenvalue weighted by molar-refractivity contribution is 7.98. The summed E-state index contributed by atoms with van der Waals surface area (Å²) in [7, 11) is -3.79. The summed E-state index contributed by atoms with van der Waals surface area (Å²) in [5.41, 5.74) is 1.50. The molecule has 1 heterocycles. The van der Waals surface area contributed by atoms with Gasteiger partial charge in [0.1, 0.15) is 18.3 Å². The zero-order chi connectivity index (χ0) is 34.7. The van der Waals surface area contributed by atoms with Gasteiger partial charge in [0.15, 0.2) is 16.4 Å². The van der Waals surface area contributed by atoms with Gasteiger partial charge in [-0.3, -0.25) is 14.4 Å². The molecule has 0 aromatic heterocycles. The van der Waals surface area contributed by atoms with Crippen molar-refractivity contribution >= 4 is 50.8 Å². The van der Waals surface area contributed by atoms with E-state index in [4.69, 9.17) is 9.84 Å². The molecule has 10 nitrogen and oxygen atoms in total. The predicted molar refractivity (Wildman–Crippen MR) is 193 cm³/mol. The fourth-order valence-electron chi connectivity index (χ4n) is 6.14. The van der Waals surface area contributed by atoms with E-state index in [0.717, 1.165) is 44.2 Å². The minimum Gasteiger partial charge on any atom is -0.483 e. The Morgan fingerprint density at radius 1 is 1.00 bits per heavy atom. The maximum atomic E-state index is 14.3. The Morgan fingerprint density at radius 2 is 1.62 bits per heavy atom. The molecule has 3 aromatic rings. The number of thioether (sulfide) groups is 1. The molecule has 262 valence electrons. The predicted octanol–water partition coefficient (Wildman–Crippen LogP) is 6.63. The number of anilines is 2. The summed E-state index contributed by atoms with van der Waals surface area (Å²) in [6, 6.07) is 20.5. The second-order valence-corrected chi connectivity index (χ2v) is 15.0. The minimum atomic E-state index is -3.79. The van der Waals surface area contributed by atoms with Crippen LogP contribution >= 0.6 is 11.8 Å². The number of amides is 2. The molecule has 0 bridgehead atoms. The van der Waals surface area contributed by atoms with Gasteiger partial charge in [0.25, 0.3) is 5.91 Å². The standard InChI is InChI=1S/C36H45N3O7S2.2H2/c1-4-6-18-36(19-7-5-2)24-39(27-16-12-9-13-17-27)28-20-30(47-3)29(21-31(28)48(44,45)25-36)46-23-32(40)38-34(26-14-10-8-11-15-26)35(43)37-22-33(41)42;;/h8-17,20-21,34H,4-7,18-19,22-25H2,1-3H3,(H,37,43)(H,38,40)(H,41,42);2*1H/t34-;;/m1../s1. The Labute approximate surface area is 290 Å². The number of ether oxygens (including phenoxy) is 1. The molecule has 2 amide bonds. The van der Waals surface area contributed by atoms with E-state index in [1.165, 1.54) is 17.8 Å². The van der Waals surface area contributed by atoms with Crippen molar-refractivity contribution in [2.45, 2.75) is 68.2 Å². The van der Waals surface area contributed by atoms with E-state index in [1.807, 2.05) is 42.7 Å². The van der Waals surface area contributed by atoms with E-state index in [1.54, 1.807) is 30.3 Å². The lowest BCUT2D eigenvalue weighted by atomic mass is 9.79. The molecule has 12 heteroatoms. The number of nitrogens with zero attached hydrogens (tertiary/aromatic N) is 1. The lowest BCUT2D eigenvalue weighted by Gasteiger charge is -2.37. The van der Waals surface area contributed by atoms with Crippen LogP contribution in [0.2, 0.25) is 0 Å². The SMILES string of the molecule is CCCCC1(CCCC)CN(c2ccccc2)c2cc(SC)c(OCC(=O)N[C@@H](C(=O)NCC(=O)O)c3ccccc3)cc2S(=O)(=O)C1.[HH].[HH]. The summed E-state index contributed by atoms with van der Waals surface area (Å²) in [6.07, 6.45) is 7.23. The Bertz CT molecular complexity index is 1670. The zero-order valence-electron chi connectivity index (χ0n) is 27.7. The number of carbonyl (C=O) groups is 3. The lowest BCUT2D eigenvalue weighted by Crippen LogP contribution is -2.43. The Balaban J connectivity index is 0.00000433. The van der Waals surface area contributed by atoms with Crippen LogP contribution in [0, 0.1) is 5.41 Å². The van der Waals surface area contributed by atoms with Gasteiger partial charge in [-0.1, -0.05) is 88.1 Å². The molecule has 0 radical (unpaired) electrons. The van der Waals surface area contributed by atoms with Crippen molar-refractivity contribution in [2.75, 3.05) is 36.6 Å². The number of carbonyl (C=O) groups excluding carboxylic acids is 2. The van der Waals surface area contributed by atoms with Crippen LogP contribution in [-0.4, -0.2) is 63.0 Å². The third kappa shape index (κ3) is 9.31. The number of carboxylic acids is 1. The fourth-order valence-corrected chi connectivity index (χ4v) is 8.80. The largest absolute Gasteiger partial charge is 0.483 e. The number of unbranched alkanes of at least 4 members (excludes halogenated alkanes) is 2. The molecule has 1 aliphatic rings. The average Bonchev–Trinajstić information content (AvgIpc) is 3.18. The molecule has 1 atom stereocenters. The van der Waals surface area contributed by atoms with E-state index in [0.29, 0.717) is 22.7 Å². The van der Waals surface area contributed by atoms with Crippen LogP contribution in [0.15, 0.2) is 82.6 Å². The molecule has 0 spiro atoms. The average molecular weight is 700 g/mol. The summed E-state index contributed by atoms with van der Waals surface area (Å²) in [5.74, 6) is -2.28. The van der Waals surface area contributed by atoms with Crippen LogP contribution in [0.1, 0.15) is 66.8 Å². The van der Waals surface area contributed by atoms with Crippen LogP contribution in [0.3, 0.4) is 0 Å². The number of sulfone groups is 1. The number of benzene rings is 3. The van der Waals surface area contributed by atoms with Crippen LogP contribution in [0.5, 0.6) is 5.75 Å². The normalized spacial score (nSPS) is 15.4. The van der Waals surface area contributed by atoms with E-state index in [-0.39, 0.29) is 19.3 Å². The van der Waals surface area contributed by atoms with Crippen LogP contribution in [0.4, 0.5) is 11.4 Å².